The second-order valence-corrected chi connectivity index (χ2v) is 5.79. The van der Waals surface area contributed by atoms with E-state index in [0.717, 1.165) is 0 Å². The van der Waals surface area contributed by atoms with E-state index in [1.54, 1.807) is 0 Å². The first-order valence-electron chi connectivity index (χ1n) is 6.41. The highest BCUT2D eigenvalue weighted by Gasteiger charge is 2.31. The lowest BCUT2D eigenvalue weighted by atomic mass is 9.90. The van der Waals surface area contributed by atoms with Crippen molar-refractivity contribution in [3.05, 3.63) is 35.9 Å². The second-order valence-electron chi connectivity index (χ2n) is 5.79. The molecule has 1 fully saturated rings. The van der Waals surface area contributed by atoms with Gasteiger partial charge in [0.05, 0.1) is 0 Å². The Bertz CT molecular complexity index is 323. The minimum absolute atomic E-state index is 0.279. The smallest absolute Gasteiger partial charge is 0.0353 e. The van der Waals surface area contributed by atoms with E-state index in [4.69, 9.17) is 0 Å². The molecular weight excluding hydrogens is 194 g/mol. The van der Waals surface area contributed by atoms with E-state index >= 15 is 0 Å². The van der Waals surface area contributed by atoms with Crippen LogP contribution in [0, 0.1) is 0 Å². The fourth-order valence-corrected chi connectivity index (χ4v) is 2.76. The molecule has 0 N–H and O–H groups in total. The monoisotopic (exact) mass is 217 g/mol. The van der Waals surface area contributed by atoms with Crippen LogP contribution in [0.2, 0.25) is 0 Å². The van der Waals surface area contributed by atoms with Crippen LogP contribution in [0.1, 0.15) is 51.6 Å². The number of rotatable bonds is 1. The molecule has 1 aromatic carbocycles. The Morgan fingerprint density at radius 3 is 2.38 bits per heavy atom. The molecule has 1 unspecified atom stereocenters. The van der Waals surface area contributed by atoms with Crippen LogP contribution in [0.5, 0.6) is 0 Å². The third kappa shape index (κ3) is 2.46. The Balaban J connectivity index is 2.24. The van der Waals surface area contributed by atoms with E-state index in [1.807, 2.05) is 0 Å². The molecule has 1 aliphatic heterocycles. The number of likely N-dealkylation sites (tertiary alicyclic amines) is 1. The maximum absolute atomic E-state index is 2.66. The Labute approximate surface area is 99.5 Å². The van der Waals surface area contributed by atoms with E-state index in [2.05, 4.69) is 56.0 Å². The van der Waals surface area contributed by atoms with Gasteiger partial charge in [0.2, 0.25) is 0 Å². The molecule has 1 aromatic rings. The van der Waals surface area contributed by atoms with Gasteiger partial charge in [-0.2, -0.15) is 0 Å². The molecule has 16 heavy (non-hydrogen) atoms. The molecule has 0 radical (unpaired) electrons. The molecule has 1 saturated heterocycles. The Kier molecular flexibility index (Phi) is 3.34. The molecule has 2 rings (SSSR count). The average molecular weight is 217 g/mol. The molecule has 1 nitrogen and oxygen atoms in total. The first-order chi connectivity index (χ1) is 7.59. The molecule has 0 spiro atoms. The lowest BCUT2D eigenvalue weighted by Gasteiger charge is -2.45. The van der Waals surface area contributed by atoms with Gasteiger partial charge in [0, 0.05) is 11.6 Å². The SMILES string of the molecule is CC(C)(C)N1CCCCC1c1ccccc1. The highest BCUT2D eigenvalue weighted by molar-refractivity contribution is 5.20. The van der Waals surface area contributed by atoms with Crippen LogP contribution in [-0.2, 0) is 0 Å². The Hall–Kier alpha value is -0.820. The zero-order valence-electron chi connectivity index (χ0n) is 10.7. The summed E-state index contributed by atoms with van der Waals surface area (Å²) >= 11 is 0. The molecule has 0 aliphatic carbocycles. The highest BCUT2D eigenvalue weighted by Crippen LogP contribution is 2.35. The van der Waals surface area contributed by atoms with Crippen LogP contribution >= 0.6 is 0 Å². The number of hydrogen-bond acceptors (Lipinski definition) is 1. The van der Waals surface area contributed by atoms with Crippen molar-refractivity contribution in [2.45, 2.75) is 51.6 Å². The first-order valence-corrected chi connectivity index (χ1v) is 6.41. The van der Waals surface area contributed by atoms with Gasteiger partial charge in [-0.3, -0.25) is 4.90 Å². The highest BCUT2D eigenvalue weighted by atomic mass is 15.2. The predicted molar refractivity (Wildman–Crippen MR) is 69.5 cm³/mol. The Morgan fingerprint density at radius 1 is 1.06 bits per heavy atom. The lowest BCUT2D eigenvalue weighted by molar-refractivity contribution is 0.0509. The van der Waals surface area contributed by atoms with Crippen LogP contribution in [0.3, 0.4) is 0 Å². The maximum atomic E-state index is 2.66. The van der Waals surface area contributed by atoms with Crippen molar-refractivity contribution >= 4 is 0 Å². The van der Waals surface area contributed by atoms with Crippen molar-refractivity contribution in [1.82, 2.24) is 4.90 Å². The van der Waals surface area contributed by atoms with Gasteiger partial charge >= 0.3 is 0 Å². The van der Waals surface area contributed by atoms with Crippen LogP contribution in [0.15, 0.2) is 30.3 Å². The number of benzene rings is 1. The largest absolute Gasteiger partial charge is 0.291 e. The molecule has 0 bridgehead atoms. The molecule has 0 amide bonds. The number of hydrogen-bond donors (Lipinski definition) is 0. The van der Waals surface area contributed by atoms with E-state index in [0.29, 0.717) is 6.04 Å². The second kappa shape index (κ2) is 4.58. The average Bonchev–Trinajstić information content (AvgIpc) is 2.29. The van der Waals surface area contributed by atoms with Crippen molar-refractivity contribution in [2.24, 2.45) is 0 Å². The molecule has 1 heteroatoms. The summed E-state index contributed by atoms with van der Waals surface area (Å²) in [5.41, 5.74) is 1.76. The van der Waals surface area contributed by atoms with E-state index in [1.165, 1.54) is 31.4 Å². The quantitative estimate of drug-likeness (QED) is 0.687. The van der Waals surface area contributed by atoms with Gasteiger partial charge in [-0.05, 0) is 45.7 Å². The normalized spacial score (nSPS) is 23.3. The van der Waals surface area contributed by atoms with Crippen LogP contribution in [0.25, 0.3) is 0 Å². The molecule has 0 aromatic heterocycles. The zero-order valence-corrected chi connectivity index (χ0v) is 10.7. The molecule has 1 heterocycles. The van der Waals surface area contributed by atoms with Gasteiger partial charge in [0.15, 0.2) is 0 Å². The zero-order chi connectivity index (χ0) is 11.6. The molecule has 88 valence electrons. The summed E-state index contributed by atoms with van der Waals surface area (Å²) in [5.74, 6) is 0. The fraction of sp³-hybridized carbons (Fsp3) is 0.600. The summed E-state index contributed by atoms with van der Waals surface area (Å²) in [6.07, 6.45) is 4.02. The fourth-order valence-electron chi connectivity index (χ4n) is 2.76. The van der Waals surface area contributed by atoms with Gasteiger partial charge in [-0.15, -0.1) is 0 Å². The first kappa shape index (κ1) is 11.7. The molecular formula is C15H23N. The van der Waals surface area contributed by atoms with Crippen molar-refractivity contribution in [2.75, 3.05) is 6.54 Å². The number of piperidine rings is 1. The standard InChI is InChI=1S/C15H23N/c1-15(2,3)16-12-8-7-11-14(16)13-9-5-4-6-10-13/h4-6,9-10,14H,7-8,11-12H2,1-3H3. The Morgan fingerprint density at radius 2 is 1.75 bits per heavy atom. The van der Waals surface area contributed by atoms with E-state index in [9.17, 15) is 0 Å². The summed E-state index contributed by atoms with van der Waals surface area (Å²) in [7, 11) is 0. The molecule has 0 saturated carbocycles. The topological polar surface area (TPSA) is 3.24 Å². The summed E-state index contributed by atoms with van der Waals surface area (Å²) in [5, 5.41) is 0. The minimum atomic E-state index is 0.279. The summed E-state index contributed by atoms with van der Waals surface area (Å²) in [4.78, 5) is 2.66. The summed E-state index contributed by atoms with van der Waals surface area (Å²) in [6, 6.07) is 11.6. The van der Waals surface area contributed by atoms with Gasteiger partial charge < -0.3 is 0 Å². The van der Waals surface area contributed by atoms with Gasteiger partial charge in [-0.25, -0.2) is 0 Å². The van der Waals surface area contributed by atoms with Gasteiger partial charge in [-0.1, -0.05) is 36.8 Å². The summed E-state index contributed by atoms with van der Waals surface area (Å²) < 4.78 is 0. The predicted octanol–water partition coefficient (Wildman–Crippen LogP) is 4.01. The van der Waals surface area contributed by atoms with E-state index < -0.39 is 0 Å². The van der Waals surface area contributed by atoms with Crippen molar-refractivity contribution in [1.29, 1.82) is 0 Å². The van der Waals surface area contributed by atoms with Crippen molar-refractivity contribution < 1.29 is 0 Å². The maximum Gasteiger partial charge on any atom is 0.0353 e. The molecule has 1 atom stereocenters. The summed E-state index contributed by atoms with van der Waals surface area (Å²) in [6.45, 7) is 8.22. The van der Waals surface area contributed by atoms with Crippen molar-refractivity contribution in [3.63, 3.8) is 0 Å². The lowest BCUT2D eigenvalue weighted by Crippen LogP contribution is -2.46. The van der Waals surface area contributed by atoms with Crippen LogP contribution in [-0.4, -0.2) is 17.0 Å². The third-order valence-corrected chi connectivity index (χ3v) is 3.55. The van der Waals surface area contributed by atoms with E-state index in [-0.39, 0.29) is 5.54 Å². The third-order valence-electron chi connectivity index (χ3n) is 3.55. The minimum Gasteiger partial charge on any atom is -0.291 e. The van der Waals surface area contributed by atoms with Gasteiger partial charge in [0.25, 0.3) is 0 Å². The van der Waals surface area contributed by atoms with Crippen LogP contribution in [0.4, 0.5) is 0 Å². The molecule has 1 aliphatic rings. The van der Waals surface area contributed by atoms with Crippen molar-refractivity contribution in [3.8, 4) is 0 Å². The van der Waals surface area contributed by atoms with Gasteiger partial charge in [0.1, 0.15) is 0 Å². The number of nitrogens with zero attached hydrogens (tertiary/aromatic N) is 1. The van der Waals surface area contributed by atoms with Crippen LogP contribution < -0.4 is 0 Å².